The fourth-order valence-corrected chi connectivity index (χ4v) is 2.22. The van der Waals surface area contributed by atoms with E-state index in [1.165, 1.54) is 30.3 Å². The first-order chi connectivity index (χ1) is 10.6. The third-order valence-corrected chi connectivity index (χ3v) is 3.66. The van der Waals surface area contributed by atoms with Gasteiger partial charge in [-0.3, -0.25) is 4.79 Å². The molecule has 0 bridgehead atoms. The Morgan fingerprint density at radius 3 is 2.30 bits per heavy atom. The van der Waals surface area contributed by atoms with E-state index in [9.17, 15) is 27.9 Å². The Morgan fingerprint density at radius 1 is 1.22 bits per heavy atom. The number of amides is 1. The van der Waals surface area contributed by atoms with Crippen LogP contribution in [0.15, 0.2) is 30.3 Å². The second-order valence-electron chi connectivity index (χ2n) is 5.30. The fraction of sp³-hybridized carbons (Fsp3) is 0.333. The minimum Gasteiger partial charge on any atom is -0.478 e. The number of benzene rings is 1. The summed E-state index contributed by atoms with van der Waals surface area (Å²) in [6.07, 6.45) is -2.86. The van der Waals surface area contributed by atoms with Gasteiger partial charge in [0.05, 0.1) is 12.1 Å². The van der Waals surface area contributed by atoms with Crippen molar-refractivity contribution in [2.45, 2.75) is 18.2 Å². The number of carbonyl (C=O) groups excluding carboxylic acids is 1. The van der Waals surface area contributed by atoms with E-state index >= 15 is 0 Å². The highest BCUT2D eigenvalue weighted by Crippen LogP contribution is 2.37. The molecule has 5 nitrogen and oxygen atoms in total. The Bertz CT molecular complexity index is 639. The molecule has 8 heteroatoms. The number of carboxylic acids is 1. The summed E-state index contributed by atoms with van der Waals surface area (Å²) in [5.74, 6) is -1.73. The van der Waals surface area contributed by atoms with Crippen LogP contribution in [-0.2, 0) is 4.79 Å². The number of alkyl halides is 3. The molecule has 1 aromatic carbocycles. The van der Waals surface area contributed by atoms with Crippen molar-refractivity contribution in [3.8, 4) is 0 Å². The molecular formula is C15H14F3NO4. The monoisotopic (exact) mass is 329 g/mol. The van der Waals surface area contributed by atoms with Crippen molar-refractivity contribution >= 4 is 18.0 Å². The van der Waals surface area contributed by atoms with Gasteiger partial charge in [-0.05, 0) is 23.8 Å². The number of hydrogen-bond acceptors (Lipinski definition) is 3. The molecule has 1 aromatic rings. The van der Waals surface area contributed by atoms with Crippen molar-refractivity contribution in [3.63, 3.8) is 0 Å². The molecule has 1 aliphatic heterocycles. The lowest BCUT2D eigenvalue weighted by molar-refractivity contribution is -0.253. The molecule has 1 heterocycles. The molecule has 124 valence electrons. The summed E-state index contributed by atoms with van der Waals surface area (Å²) in [5, 5.41) is 18.3. The van der Waals surface area contributed by atoms with E-state index < -0.39 is 36.6 Å². The highest BCUT2D eigenvalue weighted by atomic mass is 19.4. The van der Waals surface area contributed by atoms with Gasteiger partial charge in [-0.25, -0.2) is 4.79 Å². The minimum absolute atomic E-state index is 0.0864. The van der Waals surface area contributed by atoms with Gasteiger partial charge in [0.1, 0.15) is 0 Å². The highest BCUT2D eigenvalue weighted by Gasteiger charge is 2.57. The maximum atomic E-state index is 12.7. The molecule has 0 radical (unpaired) electrons. The molecule has 1 saturated heterocycles. The summed E-state index contributed by atoms with van der Waals surface area (Å²) in [6, 6.07) is 5.65. The number of halogens is 3. The standard InChI is InChI=1S/C15H14F3NO4/c16-15(17,18)14(23)7-8-19(9-14)12(20)6-3-10-1-4-11(5-2-10)13(21)22/h1-6,23H,7-9H2,(H,21,22)/b6-3+. The predicted octanol–water partition coefficient (Wildman–Crippen LogP) is 1.92. The maximum absolute atomic E-state index is 12.7. The van der Waals surface area contributed by atoms with Crippen LogP contribution in [0.1, 0.15) is 22.3 Å². The molecule has 0 spiro atoms. The average Bonchev–Trinajstić information content (AvgIpc) is 2.89. The largest absolute Gasteiger partial charge is 0.478 e. The van der Waals surface area contributed by atoms with Crippen molar-refractivity contribution in [1.82, 2.24) is 4.90 Å². The number of aliphatic hydroxyl groups is 1. The van der Waals surface area contributed by atoms with E-state index in [0.717, 1.165) is 11.0 Å². The molecule has 1 amide bonds. The summed E-state index contributed by atoms with van der Waals surface area (Å²) in [6.45, 7) is -0.977. The van der Waals surface area contributed by atoms with Crippen LogP contribution < -0.4 is 0 Å². The van der Waals surface area contributed by atoms with Gasteiger partial charge in [0.15, 0.2) is 5.60 Å². The smallest absolute Gasteiger partial charge is 0.419 e. The Balaban J connectivity index is 2.01. The molecule has 1 unspecified atom stereocenters. The molecule has 0 saturated carbocycles. The fourth-order valence-electron chi connectivity index (χ4n) is 2.22. The van der Waals surface area contributed by atoms with Crippen molar-refractivity contribution in [2.75, 3.05) is 13.1 Å². The van der Waals surface area contributed by atoms with Crippen LogP contribution in [0, 0.1) is 0 Å². The quantitative estimate of drug-likeness (QED) is 0.831. The van der Waals surface area contributed by atoms with Crippen LogP contribution >= 0.6 is 0 Å². The minimum atomic E-state index is -4.78. The average molecular weight is 329 g/mol. The number of aromatic carboxylic acids is 1. The lowest BCUT2D eigenvalue weighted by Crippen LogP contribution is -2.47. The van der Waals surface area contributed by atoms with E-state index in [-0.39, 0.29) is 12.1 Å². The van der Waals surface area contributed by atoms with Crippen LogP contribution in [0.2, 0.25) is 0 Å². The van der Waals surface area contributed by atoms with Gasteiger partial charge < -0.3 is 15.1 Å². The van der Waals surface area contributed by atoms with Crippen molar-refractivity contribution in [3.05, 3.63) is 41.5 Å². The number of carboxylic acid groups (broad SMARTS) is 1. The third kappa shape index (κ3) is 3.70. The van der Waals surface area contributed by atoms with E-state index in [1.807, 2.05) is 0 Å². The van der Waals surface area contributed by atoms with E-state index in [4.69, 9.17) is 5.11 Å². The summed E-state index contributed by atoms with van der Waals surface area (Å²) >= 11 is 0. The number of likely N-dealkylation sites (tertiary alicyclic amines) is 1. The van der Waals surface area contributed by atoms with E-state index in [2.05, 4.69) is 0 Å². The molecule has 1 atom stereocenters. The van der Waals surface area contributed by atoms with Crippen LogP contribution in [0.4, 0.5) is 13.2 Å². The molecule has 2 N–H and O–H groups in total. The number of rotatable bonds is 3. The van der Waals surface area contributed by atoms with Crippen molar-refractivity contribution in [1.29, 1.82) is 0 Å². The van der Waals surface area contributed by atoms with E-state index in [1.54, 1.807) is 0 Å². The first-order valence-corrected chi connectivity index (χ1v) is 6.72. The van der Waals surface area contributed by atoms with Gasteiger partial charge in [0.2, 0.25) is 5.91 Å². The molecule has 23 heavy (non-hydrogen) atoms. The molecule has 1 fully saturated rings. The summed E-state index contributed by atoms with van der Waals surface area (Å²) < 4.78 is 38.0. The summed E-state index contributed by atoms with van der Waals surface area (Å²) in [4.78, 5) is 23.5. The van der Waals surface area contributed by atoms with Gasteiger partial charge in [0, 0.05) is 19.0 Å². The zero-order chi connectivity index (χ0) is 17.3. The normalized spacial score (nSPS) is 21.8. The zero-order valence-electron chi connectivity index (χ0n) is 11.9. The first-order valence-electron chi connectivity index (χ1n) is 6.72. The lowest BCUT2D eigenvalue weighted by atomic mass is 10.0. The molecule has 0 aliphatic carbocycles. The molecular weight excluding hydrogens is 315 g/mol. The number of β-amino-alcohol motifs (C(OH)–C–C–N with tert-alkyl or cyclic N) is 1. The molecule has 0 aromatic heterocycles. The van der Waals surface area contributed by atoms with Crippen LogP contribution in [0.3, 0.4) is 0 Å². The molecule has 2 rings (SSSR count). The van der Waals surface area contributed by atoms with Crippen LogP contribution in [0.5, 0.6) is 0 Å². The molecule has 1 aliphatic rings. The zero-order valence-corrected chi connectivity index (χ0v) is 11.9. The highest BCUT2D eigenvalue weighted by molar-refractivity contribution is 5.92. The van der Waals surface area contributed by atoms with Gasteiger partial charge in [-0.1, -0.05) is 12.1 Å². The Hall–Kier alpha value is -2.35. The SMILES string of the molecule is O=C(O)c1ccc(/C=C/C(=O)N2CCC(O)(C(F)(F)F)C2)cc1. The lowest BCUT2D eigenvalue weighted by Gasteiger charge is -2.25. The van der Waals surface area contributed by atoms with Gasteiger partial charge in [-0.15, -0.1) is 0 Å². The van der Waals surface area contributed by atoms with Gasteiger partial charge >= 0.3 is 12.1 Å². The number of carbonyl (C=O) groups is 2. The number of nitrogens with zero attached hydrogens (tertiary/aromatic N) is 1. The topological polar surface area (TPSA) is 77.8 Å². The summed E-state index contributed by atoms with van der Waals surface area (Å²) in [7, 11) is 0. The van der Waals surface area contributed by atoms with E-state index in [0.29, 0.717) is 5.56 Å². The van der Waals surface area contributed by atoms with Crippen molar-refractivity contribution < 1.29 is 33.0 Å². The third-order valence-electron chi connectivity index (χ3n) is 3.66. The van der Waals surface area contributed by atoms with Gasteiger partial charge in [-0.2, -0.15) is 13.2 Å². The van der Waals surface area contributed by atoms with Crippen LogP contribution in [0.25, 0.3) is 6.08 Å². The second-order valence-corrected chi connectivity index (χ2v) is 5.30. The Morgan fingerprint density at radius 2 is 1.83 bits per heavy atom. The first kappa shape index (κ1) is 17.0. The summed E-state index contributed by atoms with van der Waals surface area (Å²) in [5.41, 5.74) is -2.24. The second kappa shape index (κ2) is 6.04. The van der Waals surface area contributed by atoms with Gasteiger partial charge in [0.25, 0.3) is 0 Å². The number of hydrogen-bond donors (Lipinski definition) is 2. The Labute approximate surface area is 129 Å². The van der Waals surface area contributed by atoms with Crippen LogP contribution in [-0.4, -0.2) is 51.9 Å². The van der Waals surface area contributed by atoms with Crippen molar-refractivity contribution in [2.24, 2.45) is 0 Å². The Kier molecular flexibility index (Phi) is 4.46. The maximum Gasteiger partial charge on any atom is 0.419 e. The predicted molar refractivity (Wildman–Crippen MR) is 74.6 cm³/mol.